The first kappa shape index (κ1) is 93.5. The van der Waals surface area contributed by atoms with E-state index in [1.54, 1.807) is 115 Å². The highest BCUT2D eigenvalue weighted by Crippen LogP contribution is 2.24. The number of alkyl carbamates (subject to hydrolysis) is 2. The molecule has 608 valence electrons. The van der Waals surface area contributed by atoms with Gasteiger partial charge in [-0.15, -0.1) is 15.2 Å². The molecule has 37 heteroatoms. The standard InChI is InChI=1S/2C24H32N4O8.C14H16N4O4.C12H17N3O.CH5N/c2*1-14-12-15(19(31)36-28-17(29)10-11-18(28)30)8-9-16(14)13-27(22(33)35-24(5,6)7)20(25)26-21(32)34-23(2,3)4;1-8-6-9(2-3-10(8)7-17-14(15)16)13(21)22-18-11(19)4-5-12(18)20;1-3-11(16)9-4-5-10(8(2)6-9)7-15-12(13)14;1-2/h2*8-9,12H,10-11,13H2,1-7H3,(H2,25,26,32);2-3,6H,4-5,7H2,1H3,(H4,15,16,17);4-6H,3,7H2,1-2H3,(H4,13,14,15);2H2,1H3/p+2. The summed E-state index contributed by atoms with van der Waals surface area (Å²) in [5.74, 6) is -6.58. The number of aryl methyl sites for hydroxylation is 4. The normalized spacial score (nSPS) is 13.1. The Hall–Kier alpha value is -12.7. The van der Waals surface area contributed by atoms with Gasteiger partial charge in [-0.3, -0.25) is 87.9 Å². The number of hydrogen-bond acceptors (Lipinski definition) is 24. The van der Waals surface area contributed by atoms with Gasteiger partial charge in [-0.05, 0) is 205 Å². The van der Waals surface area contributed by atoms with Crippen molar-refractivity contribution in [3.8, 4) is 0 Å². The summed E-state index contributed by atoms with van der Waals surface area (Å²) in [6, 6.07) is 19.3. The summed E-state index contributed by atoms with van der Waals surface area (Å²) in [7, 11) is 1.50. The Morgan fingerprint density at radius 3 is 0.884 bits per heavy atom. The largest absolute Gasteiger partial charge is 0.444 e. The number of rotatable bonds is 16. The summed E-state index contributed by atoms with van der Waals surface area (Å²) >= 11 is 0. The van der Waals surface area contributed by atoms with E-state index < -0.39 is 112 Å². The van der Waals surface area contributed by atoms with Crippen molar-refractivity contribution < 1.29 is 111 Å². The lowest BCUT2D eigenvalue weighted by atomic mass is 10.0. The van der Waals surface area contributed by atoms with Gasteiger partial charge >= 0.3 is 54.2 Å². The molecule has 0 unspecified atom stereocenters. The lowest BCUT2D eigenvalue weighted by Crippen LogP contribution is -2.76. The van der Waals surface area contributed by atoms with Crippen LogP contribution in [0.3, 0.4) is 0 Å². The first-order valence-corrected chi connectivity index (χ1v) is 35.0. The number of carbonyl (C=O) groups excluding carboxylic acids is 14. The third-order valence-electron chi connectivity index (χ3n) is 14.9. The van der Waals surface area contributed by atoms with E-state index >= 15 is 0 Å². The molecule has 3 saturated heterocycles. The van der Waals surface area contributed by atoms with Crippen LogP contribution in [0, 0.1) is 38.5 Å². The molecule has 0 radical (unpaired) electrons. The van der Waals surface area contributed by atoms with E-state index in [2.05, 4.69) is 26.4 Å². The highest BCUT2D eigenvalue weighted by molar-refractivity contribution is 6.05. The summed E-state index contributed by atoms with van der Waals surface area (Å²) in [6.45, 7) is 29.6. The number of ether oxygens (including phenoxy) is 4. The maximum Gasteiger partial charge on any atom is 0.417 e. The maximum absolute atomic E-state index is 12.8. The van der Waals surface area contributed by atoms with Crippen LogP contribution in [0.25, 0.3) is 0 Å². The van der Waals surface area contributed by atoms with E-state index in [4.69, 9.17) is 67.2 Å². The summed E-state index contributed by atoms with van der Waals surface area (Å²) in [4.78, 5) is 190. The van der Waals surface area contributed by atoms with Crippen LogP contribution < -0.4 is 49.3 Å². The van der Waals surface area contributed by atoms with Gasteiger partial charge in [0.1, 0.15) is 22.4 Å². The second kappa shape index (κ2) is 41.2. The van der Waals surface area contributed by atoms with Crippen LogP contribution in [-0.4, -0.2) is 162 Å². The number of hydrogen-bond donors (Lipinski definition) is 11. The Balaban J connectivity index is 0.000000400. The van der Waals surface area contributed by atoms with Crippen molar-refractivity contribution in [2.24, 2.45) is 28.7 Å². The van der Waals surface area contributed by atoms with Crippen molar-refractivity contribution in [1.29, 1.82) is 10.8 Å². The Labute approximate surface area is 648 Å². The van der Waals surface area contributed by atoms with E-state index in [9.17, 15) is 67.1 Å². The van der Waals surface area contributed by atoms with Gasteiger partial charge in [0, 0.05) is 50.5 Å². The molecule has 7 rings (SSSR count). The monoisotopic (exact) mass is 1560 g/mol. The Morgan fingerprint density at radius 1 is 0.411 bits per heavy atom. The van der Waals surface area contributed by atoms with Gasteiger partial charge in [0.2, 0.25) is 11.9 Å². The average molecular weight is 1570 g/mol. The molecule has 0 spiro atoms. The molecule has 112 heavy (non-hydrogen) atoms. The van der Waals surface area contributed by atoms with Crippen LogP contribution in [0.2, 0.25) is 0 Å². The quantitative estimate of drug-likeness (QED) is 0.0249. The molecular formula is C75H104N16O21+2. The second-order valence-corrected chi connectivity index (χ2v) is 28.9. The molecule has 3 fully saturated rings. The SMILES string of the molecule is CCC(=O)c1ccc(C[NH+]=C(N)N)c(C)c1.CN.Cc1cc(C(=O)ON2C(=O)CCC2=O)ccc1CN(C(=N)NC(=O)OC(C)(C)C)C(=O)OC(C)(C)C.Cc1cc(C(=O)ON2C(=O)CCC2=O)ccc1CN(C(=N)NC(=O)OC(C)(C)C)C(=O)OC(C)(C)C.Cc1cc(C(=O)ON2C(=O)CCC2=O)ccc1C[NH+]=C(N)N. The highest BCUT2D eigenvalue weighted by atomic mass is 16.7. The molecular weight excluding hydrogens is 1460 g/mol. The van der Waals surface area contributed by atoms with Crippen LogP contribution in [-0.2, 0) is 88.4 Å². The number of benzene rings is 4. The minimum atomic E-state index is -0.915. The van der Waals surface area contributed by atoms with E-state index in [1.807, 2.05) is 39.0 Å². The van der Waals surface area contributed by atoms with Crippen LogP contribution in [0.4, 0.5) is 19.2 Å². The van der Waals surface area contributed by atoms with Crippen molar-refractivity contribution in [2.75, 3.05) is 7.05 Å². The molecule has 3 heterocycles. The number of nitrogens with two attached hydrogens (primary N) is 5. The number of carbonyl (C=O) groups is 14. The van der Waals surface area contributed by atoms with E-state index in [-0.39, 0.29) is 86.0 Å². The van der Waals surface area contributed by atoms with Crippen LogP contribution in [0.5, 0.6) is 0 Å². The van der Waals surface area contributed by atoms with Gasteiger partial charge < -0.3 is 39.2 Å². The lowest BCUT2D eigenvalue weighted by Gasteiger charge is -2.28. The molecule has 0 aromatic heterocycles. The zero-order valence-electron chi connectivity index (χ0n) is 66.4. The molecule has 0 atom stereocenters. The minimum absolute atomic E-state index is 0.0200. The number of Topliss-reactive ketones (excluding diaryl/α,β-unsaturated/α-hetero) is 1. The topological polar surface area (TPSA) is 550 Å². The summed E-state index contributed by atoms with van der Waals surface area (Å²) in [5, 5.41) is 22.5. The Bertz CT molecular complexity index is 4090. The zero-order chi connectivity index (χ0) is 85.2. The number of hydroxylamine groups is 6. The first-order valence-electron chi connectivity index (χ1n) is 35.0. The number of guanidine groups is 4. The molecule has 16 N–H and O–H groups in total. The van der Waals surface area contributed by atoms with Gasteiger partial charge in [-0.1, -0.05) is 37.3 Å². The second-order valence-electron chi connectivity index (χ2n) is 28.9. The number of nitrogens with zero attached hydrogens (tertiary/aromatic N) is 5. The van der Waals surface area contributed by atoms with Crippen molar-refractivity contribution >= 4 is 107 Å². The highest BCUT2D eigenvalue weighted by Gasteiger charge is 2.37. The number of amides is 10. The van der Waals surface area contributed by atoms with Crippen LogP contribution >= 0.6 is 0 Å². The fraction of sp³-hybridized carbons (Fsp3) is 0.440. The molecule has 4 aromatic carbocycles. The van der Waals surface area contributed by atoms with Gasteiger partial charge in [-0.2, -0.15) is 0 Å². The fourth-order valence-electron chi connectivity index (χ4n) is 9.45. The molecule has 10 amide bonds. The molecule has 0 bridgehead atoms. The number of imide groups is 3. The average Bonchev–Trinajstić information content (AvgIpc) is 1.12. The van der Waals surface area contributed by atoms with Gasteiger partial charge in [-0.25, -0.2) is 43.4 Å². The van der Waals surface area contributed by atoms with E-state index in [0.29, 0.717) is 57.0 Å². The molecule has 37 nitrogen and oxygen atoms in total. The fourth-order valence-corrected chi connectivity index (χ4v) is 9.45. The molecule has 4 aromatic rings. The summed E-state index contributed by atoms with van der Waals surface area (Å²) < 4.78 is 21.1. The minimum Gasteiger partial charge on any atom is -0.444 e. The maximum atomic E-state index is 12.8. The first-order chi connectivity index (χ1) is 51.8. The number of nitrogens with one attached hydrogen (secondary N) is 6. The third-order valence-corrected chi connectivity index (χ3v) is 14.9. The Kier molecular flexibility index (Phi) is 34.4. The van der Waals surface area contributed by atoms with E-state index in [1.165, 1.54) is 43.4 Å². The van der Waals surface area contributed by atoms with Gasteiger partial charge in [0.05, 0.1) is 42.9 Å². The van der Waals surface area contributed by atoms with E-state index in [0.717, 1.165) is 37.6 Å². The van der Waals surface area contributed by atoms with Crippen molar-refractivity contribution in [1.82, 2.24) is 35.6 Å². The molecule has 3 aliphatic rings. The molecule has 0 aliphatic carbocycles. The Morgan fingerprint density at radius 2 is 0.652 bits per heavy atom. The number of ketones is 1. The van der Waals surface area contributed by atoms with Crippen LogP contribution in [0.1, 0.15) is 221 Å². The van der Waals surface area contributed by atoms with Crippen molar-refractivity contribution in [3.05, 3.63) is 140 Å². The smallest absolute Gasteiger partial charge is 0.417 e. The predicted molar refractivity (Wildman–Crippen MR) is 403 cm³/mol. The van der Waals surface area contributed by atoms with Crippen molar-refractivity contribution in [2.45, 2.75) is 211 Å². The van der Waals surface area contributed by atoms with Gasteiger partial charge in [0.25, 0.3) is 35.4 Å². The predicted octanol–water partition coefficient (Wildman–Crippen LogP) is 3.91. The summed E-state index contributed by atoms with van der Waals surface area (Å²) in [5.41, 5.74) is 29.6. The van der Waals surface area contributed by atoms with Crippen LogP contribution in [0.15, 0.2) is 72.8 Å². The third kappa shape index (κ3) is 31.1. The zero-order valence-corrected chi connectivity index (χ0v) is 66.4. The lowest BCUT2D eigenvalue weighted by molar-refractivity contribution is -0.477. The molecule has 3 aliphatic heterocycles. The van der Waals surface area contributed by atoms with Crippen molar-refractivity contribution in [3.63, 3.8) is 0 Å². The molecule has 0 saturated carbocycles. The van der Waals surface area contributed by atoms with Gasteiger partial charge in [0.15, 0.2) is 5.78 Å². The summed E-state index contributed by atoms with van der Waals surface area (Å²) in [6.07, 6.45) is -3.01.